The molecule has 2 aromatic heterocycles. The molecule has 0 aliphatic heterocycles. The van der Waals surface area contributed by atoms with Gasteiger partial charge in [0.15, 0.2) is 11.5 Å². The SMILES string of the molecule is COc1cc2c(cc1OCC(O)CO)Cc1c-2n[nH]c1Nc1cccnc1. The van der Waals surface area contributed by atoms with Crippen molar-refractivity contribution in [3.05, 3.63) is 47.8 Å². The van der Waals surface area contributed by atoms with Gasteiger partial charge >= 0.3 is 0 Å². The summed E-state index contributed by atoms with van der Waals surface area (Å²) in [6.45, 7) is -0.364. The largest absolute Gasteiger partial charge is 0.493 e. The average molecular weight is 368 g/mol. The van der Waals surface area contributed by atoms with E-state index in [9.17, 15) is 5.11 Å². The Bertz CT molecular complexity index is 942. The van der Waals surface area contributed by atoms with Gasteiger partial charge in [-0.3, -0.25) is 10.1 Å². The molecule has 0 spiro atoms. The highest BCUT2D eigenvalue weighted by molar-refractivity contribution is 5.81. The van der Waals surface area contributed by atoms with Gasteiger partial charge in [0.2, 0.25) is 0 Å². The van der Waals surface area contributed by atoms with Crippen molar-refractivity contribution >= 4 is 11.5 Å². The number of benzene rings is 1. The lowest BCUT2D eigenvalue weighted by Gasteiger charge is -2.14. The van der Waals surface area contributed by atoms with Gasteiger partial charge in [0.05, 0.1) is 31.3 Å². The molecular formula is C19H20N4O4. The molecule has 140 valence electrons. The summed E-state index contributed by atoms with van der Waals surface area (Å²) >= 11 is 0. The van der Waals surface area contributed by atoms with Crippen molar-refractivity contribution in [2.75, 3.05) is 25.6 Å². The lowest BCUT2D eigenvalue weighted by atomic mass is 10.1. The Morgan fingerprint density at radius 3 is 2.96 bits per heavy atom. The van der Waals surface area contributed by atoms with Crippen LogP contribution in [-0.4, -0.2) is 51.8 Å². The minimum atomic E-state index is -0.936. The lowest BCUT2D eigenvalue weighted by molar-refractivity contribution is 0.0527. The van der Waals surface area contributed by atoms with Crippen LogP contribution in [0.25, 0.3) is 11.3 Å². The predicted octanol–water partition coefficient (Wildman–Crippen LogP) is 1.86. The summed E-state index contributed by atoms with van der Waals surface area (Å²) < 4.78 is 11.0. The van der Waals surface area contributed by atoms with E-state index in [1.165, 1.54) is 0 Å². The molecule has 1 aromatic carbocycles. The summed E-state index contributed by atoms with van der Waals surface area (Å²) in [6, 6.07) is 7.58. The number of rotatable bonds is 7. The fraction of sp³-hybridized carbons (Fsp3) is 0.263. The zero-order valence-electron chi connectivity index (χ0n) is 14.8. The quantitative estimate of drug-likeness (QED) is 0.394. The summed E-state index contributed by atoms with van der Waals surface area (Å²) in [5.41, 5.74) is 4.84. The minimum absolute atomic E-state index is 0.00927. The van der Waals surface area contributed by atoms with E-state index >= 15 is 0 Å². The second-order valence-corrected chi connectivity index (χ2v) is 6.28. The lowest BCUT2D eigenvalue weighted by Crippen LogP contribution is -2.21. The van der Waals surface area contributed by atoms with Crippen LogP contribution in [0.15, 0.2) is 36.7 Å². The molecule has 1 aliphatic rings. The van der Waals surface area contributed by atoms with E-state index in [1.54, 1.807) is 19.5 Å². The standard InChI is InChI=1S/C19H20N4O4/c1-26-16-7-14-11(6-17(16)27-10-13(25)9-24)5-15-18(14)22-23-19(15)21-12-3-2-4-20-8-12/h2-4,6-8,13,24-25H,5,9-10H2,1H3,(H2,21,22,23). The Morgan fingerprint density at radius 2 is 2.22 bits per heavy atom. The van der Waals surface area contributed by atoms with E-state index < -0.39 is 6.10 Å². The van der Waals surface area contributed by atoms with Crippen molar-refractivity contribution < 1.29 is 19.7 Å². The Labute approximate surface area is 155 Å². The molecule has 1 atom stereocenters. The molecular weight excluding hydrogens is 348 g/mol. The monoisotopic (exact) mass is 368 g/mol. The summed E-state index contributed by atoms with van der Waals surface area (Å²) in [6.07, 6.45) is 3.22. The van der Waals surface area contributed by atoms with Gasteiger partial charge in [-0.1, -0.05) is 0 Å². The number of anilines is 2. The predicted molar refractivity (Wildman–Crippen MR) is 99.5 cm³/mol. The molecule has 2 heterocycles. The van der Waals surface area contributed by atoms with Crippen LogP contribution in [0.2, 0.25) is 0 Å². The highest BCUT2D eigenvalue weighted by Gasteiger charge is 2.27. The number of ether oxygens (including phenoxy) is 2. The third-order valence-corrected chi connectivity index (χ3v) is 4.45. The molecule has 0 saturated carbocycles. The van der Waals surface area contributed by atoms with E-state index in [0.29, 0.717) is 17.9 Å². The first-order chi connectivity index (χ1) is 13.2. The maximum atomic E-state index is 9.52. The molecule has 8 nitrogen and oxygen atoms in total. The van der Waals surface area contributed by atoms with Crippen molar-refractivity contribution in [2.24, 2.45) is 0 Å². The molecule has 0 radical (unpaired) electrons. The summed E-state index contributed by atoms with van der Waals surface area (Å²) in [7, 11) is 1.56. The molecule has 0 saturated heterocycles. The Morgan fingerprint density at radius 1 is 1.33 bits per heavy atom. The molecule has 3 aromatic rings. The Balaban J connectivity index is 1.61. The summed E-state index contributed by atoms with van der Waals surface area (Å²) in [5, 5.41) is 29.3. The summed E-state index contributed by atoms with van der Waals surface area (Å²) in [4.78, 5) is 4.11. The topological polar surface area (TPSA) is 113 Å². The van der Waals surface area contributed by atoms with Crippen molar-refractivity contribution in [2.45, 2.75) is 12.5 Å². The number of methoxy groups -OCH3 is 1. The van der Waals surface area contributed by atoms with Gasteiger partial charge in [0.1, 0.15) is 18.5 Å². The smallest absolute Gasteiger partial charge is 0.161 e. The van der Waals surface area contributed by atoms with Crippen LogP contribution < -0.4 is 14.8 Å². The van der Waals surface area contributed by atoms with Crippen LogP contribution in [0, 0.1) is 0 Å². The van der Waals surface area contributed by atoms with Crippen LogP contribution in [0.3, 0.4) is 0 Å². The first-order valence-corrected chi connectivity index (χ1v) is 8.57. The molecule has 0 bridgehead atoms. The molecule has 4 N–H and O–H groups in total. The molecule has 8 heteroatoms. The molecule has 0 amide bonds. The number of aliphatic hydroxyl groups is 2. The fourth-order valence-electron chi connectivity index (χ4n) is 3.11. The first-order valence-electron chi connectivity index (χ1n) is 8.57. The number of aromatic amines is 1. The van der Waals surface area contributed by atoms with Crippen molar-refractivity contribution in [1.29, 1.82) is 0 Å². The number of pyridine rings is 1. The fourth-order valence-corrected chi connectivity index (χ4v) is 3.11. The average Bonchev–Trinajstić information content (AvgIpc) is 3.25. The number of aromatic nitrogens is 3. The maximum absolute atomic E-state index is 9.52. The second kappa shape index (κ2) is 7.26. The number of nitrogens with one attached hydrogen (secondary N) is 2. The van der Waals surface area contributed by atoms with E-state index in [-0.39, 0.29) is 13.2 Å². The van der Waals surface area contributed by atoms with E-state index in [0.717, 1.165) is 33.9 Å². The van der Waals surface area contributed by atoms with Crippen molar-refractivity contribution in [3.63, 3.8) is 0 Å². The van der Waals surface area contributed by atoms with Gasteiger partial charge in [-0.05, 0) is 29.8 Å². The third kappa shape index (κ3) is 3.32. The summed E-state index contributed by atoms with van der Waals surface area (Å²) in [5.74, 6) is 1.91. The number of H-pyrrole nitrogens is 1. The van der Waals surface area contributed by atoms with Crippen LogP contribution in [0.1, 0.15) is 11.1 Å². The van der Waals surface area contributed by atoms with Gasteiger partial charge in [-0.25, -0.2) is 0 Å². The third-order valence-electron chi connectivity index (χ3n) is 4.45. The number of hydrogen-bond acceptors (Lipinski definition) is 7. The molecule has 1 unspecified atom stereocenters. The Kier molecular flexibility index (Phi) is 4.66. The zero-order valence-corrected chi connectivity index (χ0v) is 14.8. The van der Waals surface area contributed by atoms with Crippen LogP contribution >= 0.6 is 0 Å². The number of fused-ring (bicyclic) bond motifs is 3. The molecule has 1 aliphatic carbocycles. The zero-order chi connectivity index (χ0) is 18.8. The van der Waals surface area contributed by atoms with Gasteiger partial charge < -0.3 is 25.0 Å². The Hall–Kier alpha value is -3.10. The van der Waals surface area contributed by atoms with E-state index in [1.807, 2.05) is 24.3 Å². The highest BCUT2D eigenvalue weighted by Crippen LogP contribution is 2.44. The highest BCUT2D eigenvalue weighted by atomic mass is 16.5. The van der Waals surface area contributed by atoms with E-state index in [4.69, 9.17) is 14.6 Å². The van der Waals surface area contributed by atoms with Gasteiger partial charge in [0, 0.05) is 23.7 Å². The first kappa shape index (κ1) is 17.3. The second-order valence-electron chi connectivity index (χ2n) is 6.28. The van der Waals surface area contributed by atoms with Crippen LogP contribution in [-0.2, 0) is 6.42 Å². The van der Waals surface area contributed by atoms with Gasteiger partial charge in [-0.2, -0.15) is 5.10 Å². The number of nitrogens with zero attached hydrogens (tertiary/aromatic N) is 2. The van der Waals surface area contributed by atoms with Gasteiger partial charge in [0.25, 0.3) is 0 Å². The van der Waals surface area contributed by atoms with Gasteiger partial charge in [-0.15, -0.1) is 0 Å². The normalized spacial score (nSPS) is 13.0. The minimum Gasteiger partial charge on any atom is -0.493 e. The van der Waals surface area contributed by atoms with Crippen LogP contribution in [0.5, 0.6) is 11.5 Å². The molecule has 27 heavy (non-hydrogen) atoms. The number of hydrogen-bond donors (Lipinski definition) is 4. The van der Waals surface area contributed by atoms with Crippen molar-refractivity contribution in [1.82, 2.24) is 15.2 Å². The maximum Gasteiger partial charge on any atom is 0.161 e. The van der Waals surface area contributed by atoms with Crippen LogP contribution in [0.4, 0.5) is 11.5 Å². The molecule has 4 rings (SSSR count). The molecule has 0 fully saturated rings. The van der Waals surface area contributed by atoms with E-state index in [2.05, 4.69) is 20.5 Å². The number of aliphatic hydroxyl groups excluding tert-OH is 2. The van der Waals surface area contributed by atoms with Crippen molar-refractivity contribution in [3.8, 4) is 22.8 Å².